The molecule has 25 heavy (non-hydrogen) atoms. The monoisotopic (exact) mass is 356 g/mol. The quantitative estimate of drug-likeness (QED) is 0.741. The maximum absolute atomic E-state index is 12.3. The average Bonchev–Trinajstić information content (AvgIpc) is 3.30. The largest absolute Gasteiger partial charge is 0.482 e. The number of rotatable bonds is 4. The molecule has 0 fully saturated rings. The molecule has 9 heteroatoms. The van der Waals surface area contributed by atoms with Gasteiger partial charge in [-0.1, -0.05) is 11.2 Å². The Hall–Kier alpha value is -3.20. The Labute approximate surface area is 145 Å². The van der Waals surface area contributed by atoms with Gasteiger partial charge < -0.3 is 19.9 Å². The van der Waals surface area contributed by atoms with Gasteiger partial charge in [-0.3, -0.25) is 9.59 Å². The van der Waals surface area contributed by atoms with Gasteiger partial charge in [-0.05, 0) is 29.6 Å². The molecule has 0 radical (unpaired) electrons. The smallest absolute Gasteiger partial charge is 0.268 e. The van der Waals surface area contributed by atoms with Gasteiger partial charge in [0.25, 0.3) is 17.7 Å². The molecule has 0 saturated carbocycles. The lowest BCUT2D eigenvalue weighted by Gasteiger charge is -2.18. The second-order valence-corrected chi connectivity index (χ2v) is 6.17. The summed E-state index contributed by atoms with van der Waals surface area (Å²) in [5, 5.41) is 11.2. The number of carbonyl (C=O) groups is 2. The van der Waals surface area contributed by atoms with Crippen molar-refractivity contribution in [2.45, 2.75) is 6.54 Å². The van der Waals surface area contributed by atoms with Gasteiger partial charge in [-0.15, -0.1) is 11.3 Å². The van der Waals surface area contributed by atoms with Gasteiger partial charge in [-0.25, -0.2) is 0 Å². The third kappa shape index (κ3) is 3.22. The Morgan fingerprint density at radius 1 is 1.36 bits per heavy atom. The fourth-order valence-corrected chi connectivity index (χ4v) is 2.95. The normalized spacial score (nSPS) is 12.9. The van der Waals surface area contributed by atoms with E-state index in [1.807, 2.05) is 17.5 Å². The highest BCUT2D eigenvalue weighted by atomic mass is 32.1. The van der Waals surface area contributed by atoms with Crippen LogP contribution in [0.15, 0.2) is 40.2 Å². The van der Waals surface area contributed by atoms with E-state index in [4.69, 9.17) is 9.26 Å². The van der Waals surface area contributed by atoms with E-state index >= 15 is 0 Å². The summed E-state index contributed by atoms with van der Waals surface area (Å²) in [6, 6.07) is 8.59. The minimum Gasteiger partial charge on any atom is -0.482 e. The molecule has 1 aliphatic rings. The molecule has 1 aromatic carbocycles. The van der Waals surface area contributed by atoms with Crippen molar-refractivity contribution >= 4 is 28.8 Å². The van der Waals surface area contributed by atoms with E-state index in [0.29, 0.717) is 28.7 Å². The number of hydrogen-bond acceptors (Lipinski definition) is 7. The topological polar surface area (TPSA) is 106 Å². The number of carbonyl (C=O) groups excluding carboxylic acids is 2. The first-order valence-corrected chi connectivity index (χ1v) is 8.28. The third-order valence-electron chi connectivity index (χ3n) is 3.48. The predicted molar refractivity (Wildman–Crippen MR) is 89.3 cm³/mol. The molecule has 2 aromatic heterocycles. The van der Waals surface area contributed by atoms with Crippen LogP contribution in [0.3, 0.4) is 0 Å². The minimum atomic E-state index is -0.300. The highest BCUT2D eigenvalue weighted by Crippen LogP contribution is 2.28. The van der Waals surface area contributed by atoms with E-state index in [2.05, 4.69) is 20.8 Å². The molecule has 0 spiro atoms. The van der Waals surface area contributed by atoms with E-state index in [0.717, 1.165) is 4.88 Å². The van der Waals surface area contributed by atoms with Crippen LogP contribution < -0.4 is 15.4 Å². The van der Waals surface area contributed by atoms with E-state index in [-0.39, 0.29) is 25.0 Å². The van der Waals surface area contributed by atoms with Gasteiger partial charge in [0.05, 0.1) is 17.1 Å². The number of nitrogens with one attached hydrogen (secondary N) is 2. The van der Waals surface area contributed by atoms with E-state index in [1.54, 1.807) is 18.2 Å². The van der Waals surface area contributed by atoms with Gasteiger partial charge in [-0.2, -0.15) is 4.98 Å². The summed E-state index contributed by atoms with van der Waals surface area (Å²) in [7, 11) is 0. The Morgan fingerprint density at radius 2 is 2.28 bits per heavy atom. The van der Waals surface area contributed by atoms with Crippen LogP contribution in [0, 0.1) is 0 Å². The SMILES string of the molecule is O=C1COc2cc(C(=O)NCc3noc(-c4cccs4)n3)ccc2N1. The molecule has 0 unspecified atom stereocenters. The van der Waals surface area contributed by atoms with E-state index < -0.39 is 0 Å². The lowest BCUT2D eigenvalue weighted by atomic mass is 10.1. The van der Waals surface area contributed by atoms with E-state index in [1.165, 1.54) is 11.3 Å². The van der Waals surface area contributed by atoms with Crippen molar-refractivity contribution in [1.29, 1.82) is 0 Å². The number of ether oxygens (including phenoxy) is 1. The molecule has 2 amide bonds. The summed E-state index contributed by atoms with van der Waals surface area (Å²) in [6.07, 6.45) is 0. The van der Waals surface area contributed by atoms with Crippen LogP contribution in [0.5, 0.6) is 5.75 Å². The zero-order chi connectivity index (χ0) is 17.2. The molecule has 8 nitrogen and oxygen atoms in total. The van der Waals surface area contributed by atoms with Gasteiger partial charge in [0.1, 0.15) is 5.75 Å². The third-order valence-corrected chi connectivity index (χ3v) is 4.34. The van der Waals surface area contributed by atoms with Crippen LogP contribution in [-0.2, 0) is 11.3 Å². The first kappa shape index (κ1) is 15.3. The summed E-state index contributed by atoms with van der Waals surface area (Å²) in [5.74, 6) is 0.760. The zero-order valence-electron chi connectivity index (χ0n) is 12.8. The Morgan fingerprint density at radius 3 is 3.12 bits per heavy atom. The standard InChI is InChI=1S/C16H12N4O4S/c21-14-8-23-11-6-9(3-4-10(11)18-14)15(22)17-7-13-19-16(24-20-13)12-2-1-5-25-12/h1-6H,7-8H2,(H,17,22)(H,18,21). The molecule has 1 aliphatic heterocycles. The summed E-state index contributed by atoms with van der Waals surface area (Å²) >= 11 is 1.50. The highest BCUT2D eigenvalue weighted by molar-refractivity contribution is 7.13. The molecule has 3 aromatic rings. The summed E-state index contributed by atoms with van der Waals surface area (Å²) in [4.78, 5) is 28.6. The average molecular weight is 356 g/mol. The molecule has 2 N–H and O–H groups in total. The van der Waals surface area contributed by atoms with Crippen molar-refractivity contribution < 1.29 is 18.8 Å². The van der Waals surface area contributed by atoms with Gasteiger partial charge in [0.15, 0.2) is 12.4 Å². The molecule has 0 atom stereocenters. The van der Waals surface area contributed by atoms with Crippen LogP contribution in [0.1, 0.15) is 16.2 Å². The second-order valence-electron chi connectivity index (χ2n) is 5.22. The zero-order valence-corrected chi connectivity index (χ0v) is 13.6. The number of amides is 2. The van der Waals surface area contributed by atoms with Crippen LogP contribution in [0.2, 0.25) is 0 Å². The maximum Gasteiger partial charge on any atom is 0.268 e. The number of fused-ring (bicyclic) bond motifs is 1. The van der Waals surface area contributed by atoms with Crippen LogP contribution in [-0.4, -0.2) is 28.6 Å². The molecule has 0 bridgehead atoms. The number of aromatic nitrogens is 2. The van der Waals surface area contributed by atoms with Crippen molar-refractivity contribution in [3.05, 3.63) is 47.1 Å². The Balaban J connectivity index is 1.42. The minimum absolute atomic E-state index is 0.0631. The van der Waals surface area contributed by atoms with Gasteiger partial charge >= 0.3 is 0 Å². The molecule has 126 valence electrons. The molecular weight excluding hydrogens is 344 g/mol. The molecular formula is C16H12N4O4S. The first-order chi connectivity index (χ1) is 12.2. The molecule has 3 heterocycles. The lowest BCUT2D eigenvalue weighted by molar-refractivity contribution is -0.118. The number of thiophene rings is 1. The predicted octanol–water partition coefficient (Wildman–Crippen LogP) is 2.06. The van der Waals surface area contributed by atoms with Crippen molar-refractivity contribution in [1.82, 2.24) is 15.5 Å². The van der Waals surface area contributed by atoms with Crippen molar-refractivity contribution in [3.8, 4) is 16.5 Å². The van der Waals surface area contributed by atoms with Gasteiger partial charge in [0.2, 0.25) is 0 Å². The molecule has 0 aliphatic carbocycles. The number of hydrogen-bond donors (Lipinski definition) is 2. The maximum atomic E-state index is 12.3. The van der Waals surface area contributed by atoms with Crippen molar-refractivity contribution in [2.24, 2.45) is 0 Å². The first-order valence-electron chi connectivity index (χ1n) is 7.40. The van der Waals surface area contributed by atoms with Crippen molar-refractivity contribution in [2.75, 3.05) is 11.9 Å². The fraction of sp³-hybridized carbons (Fsp3) is 0.125. The fourth-order valence-electron chi connectivity index (χ4n) is 2.30. The van der Waals surface area contributed by atoms with Crippen molar-refractivity contribution in [3.63, 3.8) is 0 Å². The number of nitrogens with zero attached hydrogens (tertiary/aromatic N) is 2. The summed E-state index contributed by atoms with van der Waals surface area (Å²) in [5.41, 5.74) is 0.962. The number of benzene rings is 1. The summed E-state index contributed by atoms with van der Waals surface area (Å²) < 4.78 is 10.5. The molecule has 0 saturated heterocycles. The van der Waals surface area contributed by atoms with Crippen LogP contribution in [0.4, 0.5) is 5.69 Å². The van der Waals surface area contributed by atoms with Crippen LogP contribution in [0.25, 0.3) is 10.8 Å². The summed E-state index contributed by atoms with van der Waals surface area (Å²) in [6.45, 7) is 0.0782. The Kier molecular flexibility index (Phi) is 3.90. The molecule has 4 rings (SSSR count). The number of anilines is 1. The Bertz CT molecular complexity index is 936. The lowest BCUT2D eigenvalue weighted by Crippen LogP contribution is -2.27. The highest BCUT2D eigenvalue weighted by Gasteiger charge is 2.18. The van der Waals surface area contributed by atoms with Crippen LogP contribution >= 0.6 is 11.3 Å². The van der Waals surface area contributed by atoms with Gasteiger partial charge in [0, 0.05) is 5.56 Å². The second kappa shape index (κ2) is 6.36. The van der Waals surface area contributed by atoms with E-state index in [9.17, 15) is 9.59 Å².